The summed E-state index contributed by atoms with van der Waals surface area (Å²) < 4.78 is 16.5. The van der Waals surface area contributed by atoms with Crippen LogP contribution in [0.1, 0.15) is 38.5 Å². The Kier molecular flexibility index (Phi) is 12.3. The topological polar surface area (TPSA) is 39.7 Å². The van der Waals surface area contributed by atoms with Crippen molar-refractivity contribution in [3.63, 3.8) is 0 Å². The van der Waals surface area contributed by atoms with E-state index in [0.717, 1.165) is 38.2 Å². The van der Waals surface area contributed by atoms with E-state index in [1.807, 2.05) is 0 Å². The summed E-state index contributed by atoms with van der Waals surface area (Å²) in [6.07, 6.45) is 7.38. The van der Waals surface area contributed by atoms with Gasteiger partial charge in [-0.25, -0.2) is 0 Å². The van der Waals surface area contributed by atoms with E-state index in [0.29, 0.717) is 19.7 Å². The third-order valence-corrected chi connectivity index (χ3v) is 5.15. The van der Waals surface area contributed by atoms with Crippen LogP contribution in [0.2, 0.25) is 6.04 Å². The SMILES string of the molecule is SCCCCCOCOCOC1CCC[SiH2]NCC1. The molecule has 0 aromatic rings. The Labute approximate surface area is 125 Å². The number of thiol groups is 1. The maximum absolute atomic E-state index is 5.73. The zero-order valence-corrected chi connectivity index (χ0v) is 14.3. The van der Waals surface area contributed by atoms with Crippen molar-refractivity contribution < 1.29 is 14.2 Å². The van der Waals surface area contributed by atoms with Crippen LogP contribution in [-0.4, -0.2) is 48.3 Å². The quantitative estimate of drug-likeness (QED) is 0.279. The number of rotatable bonds is 10. The highest BCUT2D eigenvalue weighted by atomic mass is 32.1. The van der Waals surface area contributed by atoms with Gasteiger partial charge in [0.1, 0.15) is 13.6 Å². The molecule has 19 heavy (non-hydrogen) atoms. The first kappa shape index (κ1) is 17.5. The molecule has 1 unspecified atom stereocenters. The lowest BCUT2D eigenvalue weighted by molar-refractivity contribution is -0.151. The number of hydrogen-bond acceptors (Lipinski definition) is 5. The van der Waals surface area contributed by atoms with E-state index in [1.165, 1.54) is 25.3 Å². The van der Waals surface area contributed by atoms with Crippen LogP contribution < -0.4 is 4.98 Å². The van der Waals surface area contributed by atoms with E-state index in [2.05, 4.69) is 17.6 Å². The van der Waals surface area contributed by atoms with Gasteiger partial charge in [-0.15, -0.1) is 0 Å². The normalized spacial score (nSPS) is 22.3. The van der Waals surface area contributed by atoms with Crippen molar-refractivity contribution in [1.82, 2.24) is 4.98 Å². The zero-order valence-electron chi connectivity index (χ0n) is 11.9. The Morgan fingerprint density at radius 1 is 1.11 bits per heavy atom. The molecular formula is C13H29NO3SSi. The maximum atomic E-state index is 5.73. The van der Waals surface area contributed by atoms with Gasteiger partial charge in [-0.1, -0.05) is 12.8 Å². The minimum atomic E-state index is 0.0276. The smallest absolute Gasteiger partial charge is 0.149 e. The Hall–Kier alpha value is 0.407. The third-order valence-electron chi connectivity index (χ3n) is 3.27. The molecule has 1 aliphatic rings. The summed E-state index contributed by atoms with van der Waals surface area (Å²) in [7, 11) is 0.0276. The average molecular weight is 308 g/mol. The van der Waals surface area contributed by atoms with Crippen LogP contribution in [0, 0.1) is 0 Å². The van der Waals surface area contributed by atoms with Gasteiger partial charge < -0.3 is 19.2 Å². The molecule has 0 bridgehead atoms. The summed E-state index contributed by atoms with van der Waals surface area (Å²) >= 11 is 4.17. The zero-order chi connectivity index (χ0) is 13.6. The van der Waals surface area contributed by atoms with Gasteiger partial charge in [0.2, 0.25) is 0 Å². The Morgan fingerprint density at radius 3 is 2.95 bits per heavy atom. The lowest BCUT2D eigenvalue weighted by Crippen LogP contribution is -2.28. The lowest BCUT2D eigenvalue weighted by Gasteiger charge is -2.20. The van der Waals surface area contributed by atoms with Crippen molar-refractivity contribution in [3.8, 4) is 0 Å². The molecule has 0 aromatic heterocycles. The molecule has 1 fully saturated rings. The predicted molar refractivity (Wildman–Crippen MR) is 84.6 cm³/mol. The minimum Gasteiger partial charge on any atom is -0.355 e. The Bertz CT molecular complexity index is 193. The van der Waals surface area contributed by atoms with E-state index in [9.17, 15) is 0 Å². The van der Waals surface area contributed by atoms with Crippen LogP contribution in [0.4, 0.5) is 0 Å². The highest BCUT2D eigenvalue weighted by Crippen LogP contribution is 2.10. The molecule has 6 heteroatoms. The number of nitrogens with one attached hydrogen (secondary N) is 1. The van der Waals surface area contributed by atoms with Crippen molar-refractivity contribution in [3.05, 3.63) is 0 Å². The maximum Gasteiger partial charge on any atom is 0.149 e. The van der Waals surface area contributed by atoms with Gasteiger partial charge in [-0.3, -0.25) is 0 Å². The molecule has 0 radical (unpaired) electrons. The molecular weight excluding hydrogens is 278 g/mol. The van der Waals surface area contributed by atoms with Gasteiger partial charge in [0.25, 0.3) is 0 Å². The van der Waals surface area contributed by atoms with Crippen molar-refractivity contribution in [1.29, 1.82) is 0 Å². The molecule has 1 saturated heterocycles. The summed E-state index contributed by atoms with van der Waals surface area (Å²) in [5.74, 6) is 0.961. The molecule has 0 saturated carbocycles. The van der Waals surface area contributed by atoms with Gasteiger partial charge in [0.15, 0.2) is 0 Å². The molecule has 114 valence electrons. The number of hydrogen-bond donors (Lipinski definition) is 2. The van der Waals surface area contributed by atoms with Crippen LogP contribution >= 0.6 is 12.6 Å². The molecule has 0 aliphatic carbocycles. The van der Waals surface area contributed by atoms with Crippen LogP contribution in [0.15, 0.2) is 0 Å². The second-order valence-corrected chi connectivity index (χ2v) is 7.11. The molecule has 1 N–H and O–H groups in total. The van der Waals surface area contributed by atoms with Crippen molar-refractivity contribution >= 4 is 22.3 Å². The number of ether oxygens (including phenoxy) is 3. The highest BCUT2D eigenvalue weighted by molar-refractivity contribution is 7.80. The molecule has 0 amide bonds. The van der Waals surface area contributed by atoms with Crippen LogP contribution in [0.25, 0.3) is 0 Å². The summed E-state index contributed by atoms with van der Waals surface area (Å²) in [5.41, 5.74) is 0. The first-order valence-corrected chi connectivity index (χ1v) is 9.86. The van der Waals surface area contributed by atoms with Gasteiger partial charge in [0, 0.05) is 6.61 Å². The molecule has 4 nitrogen and oxygen atoms in total. The molecule has 0 aromatic carbocycles. The fourth-order valence-electron chi connectivity index (χ4n) is 2.11. The van der Waals surface area contributed by atoms with Crippen molar-refractivity contribution in [2.24, 2.45) is 0 Å². The van der Waals surface area contributed by atoms with Crippen LogP contribution in [0.5, 0.6) is 0 Å². The fraction of sp³-hybridized carbons (Fsp3) is 1.00. The molecule has 0 spiro atoms. The van der Waals surface area contributed by atoms with E-state index in [-0.39, 0.29) is 9.68 Å². The van der Waals surface area contributed by atoms with Crippen molar-refractivity contribution in [2.45, 2.75) is 50.7 Å². The first-order valence-electron chi connectivity index (χ1n) is 7.52. The standard InChI is InChI=1S/C13H29NO3SSi/c18-9-3-1-2-8-15-11-16-12-17-13-5-4-10-19-14-7-6-13/h13-14,18H,1-12,19H2. The predicted octanol–water partition coefficient (Wildman–Crippen LogP) is 1.70. The lowest BCUT2D eigenvalue weighted by atomic mass is 10.1. The Balaban J connectivity index is 1.84. The minimum absolute atomic E-state index is 0.0276. The molecule has 1 aliphatic heterocycles. The monoisotopic (exact) mass is 307 g/mol. The number of unbranched alkanes of at least 4 members (excludes halogenated alkanes) is 2. The summed E-state index contributed by atoms with van der Waals surface area (Å²) in [5, 5.41) is 0. The third kappa shape index (κ3) is 10.8. The van der Waals surface area contributed by atoms with Crippen molar-refractivity contribution in [2.75, 3.05) is 32.5 Å². The second kappa shape index (κ2) is 13.4. The average Bonchev–Trinajstić information content (AvgIpc) is 2.39. The molecule has 1 heterocycles. The van der Waals surface area contributed by atoms with Gasteiger partial charge in [0.05, 0.1) is 15.8 Å². The summed E-state index contributed by atoms with van der Waals surface area (Å²) in [6, 6.07) is 1.39. The van der Waals surface area contributed by atoms with E-state index in [4.69, 9.17) is 14.2 Å². The van der Waals surface area contributed by atoms with Crippen LogP contribution in [-0.2, 0) is 14.2 Å². The summed E-state index contributed by atoms with van der Waals surface area (Å²) in [6.45, 7) is 2.59. The largest absolute Gasteiger partial charge is 0.355 e. The summed E-state index contributed by atoms with van der Waals surface area (Å²) in [4.78, 5) is 3.54. The molecule has 1 rings (SSSR count). The van der Waals surface area contributed by atoms with Gasteiger partial charge >= 0.3 is 0 Å². The molecule has 1 atom stereocenters. The Morgan fingerprint density at radius 2 is 2.05 bits per heavy atom. The van der Waals surface area contributed by atoms with Crippen LogP contribution in [0.3, 0.4) is 0 Å². The fourth-order valence-corrected chi connectivity index (χ4v) is 3.58. The van der Waals surface area contributed by atoms with Gasteiger partial charge in [-0.2, -0.15) is 12.6 Å². The first-order chi connectivity index (χ1) is 9.43. The van der Waals surface area contributed by atoms with E-state index in [1.54, 1.807) is 0 Å². The second-order valence-electron chi connectivity index (χ2n) is 4.96. The van der Waals surface area contributed by atoms with Gasteiger partial charge in [-0.05, 0) is 44.0 Å². The van der Waals surface area contributed by atoms with E-state index >= 15 is 0 Å². The highest BCUT2D eigenvalue weighted by Gasteiger charge is 2.11. The van der Waals surface area contributed by atoms with E-state index < -0.39 is 0 Å².